The Bertz CT molecular complexity index is 599. The van der Waals surface area contributed by atoms with Gasteiger partial charge in [0.15, 0.2) is 0 Å². The minimum absolute atomic E-state index is 0.000439. The number of hydrogen-bond acceptors (Lipinski definition) is 3. The molecule has 142 valence electrons. The van der Waals surface area contributed by atoms with E-state index >= 15 is 0 Å². The standard InChI is InChI=1S/C23H32O3/c1-3-4-5-6-7-8-9-10-11-12-13-14-15-17-20-18-16-19-21(24)22(20)23(25)26-2/h3,5-6,8-9,16,18-19,24H,1,4,7,10-15,17H2,2H3/b6-5-,9-8-. The molecule has 0 spiro atoms. The number of carbonyl (C=O) groups excluding carboxylic acids is 1. The van der Waals surface area contributed by atoms with Gasteiger partial charge in [-0.25, -0.2) is 4.79 Å². The molecule has 0 atom stereocenters. The van der Waals surface area contributed by atoms with Crippen molar-refractivity contribution < 1.29 is 14.6 Å². The molecule has 1 aromatic rings. The van der Waals surface area contributed by atoms with Crippen molar-refractivity contribution in [3.05, 3.63) is 66.3 Å². The Morgan fingerprint density at radius 2 is 1.73 bits per heavy atom. The zero-order valence-electron chi connectivity index (χ0n) is 16.0. The summed E-state index contributed by atoms with van der Waals surface area (Å²) < 4.78 is 4.76. The van der Waals surface area contributed by atoms with E-state index in [-0.39, 0.29) is 5.75 Å². The highest BCUT2D eigenvalue weighted by atomic mass is 16.5. The third kappa shape index (κ3) is 8.70. The van der Waals surface area contributed by atoms with E-state index in [1.54, 1.807) is 6.07 Å². The van der Waals surface area contributed by atoms with Gasteiger partial charge in [-0.05, 0) is 50.2 Å². The monoisotopic (exact) mass is 356 g/mol. The smallest absolute Gasteiger partial charge is 0.341 e. The van der Waals surface area contributed by atoms with Crippen molar-refractivity contribution in [1.82, 2.24) is 0 Å². The summed E-state index contributed by atoms with van der Waals surface area (Å²) in [6.07, 6.45) is 20.3. The number of aryl methyl sites for hydroxylation is 1. The number of aromatic hydroxyl groups is 1. The maximum absolute atomic E-state index is 11.8. The third-order valence-electron chi connectivity index (χ3n) is 4.24. The number of esters is 1. The van der Waals surface area contributed by atoms with Crippen LogP contribution in [0, 0.1) is 0 Å². The predicted octanol–water partition coefficient (Wildman–Crippen LogP) is 6.14. The molecule has 1 N–H and O–H groups in total. The van der Waals surface area contributed by atoms with Gasteiger partial charge in [0.05, 0.1) is 7.11 Å². The van der Waals surface area contributed by atoms with E-state index in [1.807, 2.05) is 12.1 Å². The second-order valence-electron chi connectivity index (χ2n) is 6.31. The van der Waals surface area contributed by atoms with E-state index in [4.69, 9.17) is 4.74 Å². The van der Waals surface area contributed by atoms with E-state index in [1.165, 1.54) is 32.4 Å². The maximum Gasteiger partial charge on any atom is 0.341 e. The number of carbonyl (C=O) groups is 1. The quantitative estimate of drug-likeness (QED) is 0.262. The normalized spacial score (nSPS) is 11.3. The van der Waals surface area contributed by atoms with Crippen LogP contribution in [0.25, 0.3) is 0 Å². The second kappa shape index (κ2) is 13.9. The summed E-state index contributed by atoms with van der Waals surface area (Å²) in [5.74, 6) is -0.468. The molecule has 1 rings (SSSR count). The van der Waals surface area contributed by atoms with Gasteiger partial charge < -0.3 is 9.84 Å². The first-order chi connectivity index (χ1) is 12.7. The number of unbranched alkanes of at least 4 members (excludes halogenated alkanes) is 5. The molecular weight excluding hydrogens is 324 g/mol. The third-order valence-corrected chi connectivity index (χ3v) is 4.24. The van der Waals surface area contributed by atoms with Crippen LogP contribution in [0.3, 0.4) is 0 Å². The lowest BCUT2D eigenvalue weighted by Gasteiger charge is -2.09. The van der Waals surface area contributed by atoms with E-state index < -0.39 is 5.97 Å². The van der Waals surface area contributed by atoms with Crippen molar-refractivity contribution >= 4 is 5.97 Å². The van der Waals surface area contributed by atoms with Gasteiger partial charge in [-0.15, -0.1) is 6.58 Å². The molecule has 0 radical (unpaired) electrons. The first-order valence-corrected chi connectivity index (χ1v) is 9.50. The largest absolute Gasteiger partial charge is 0.507 e. The summed E-state index contributed by atoms with van der Waals surface area (Å²) in [5.41, 5.74) is 1.17. The van der Waals surface area contributed by atoms with Crippen molar-refractivity contribution in [1.29, 1.82) is 0 Å². The second-order valence-corrected chi connectivity index (χ2v) is 6.31. The molecule has 0 amide bonds. The molecule has 0 saturated carbocycles. The number of benzene rings is 1. The summed E-state index contributed by atoms with van der Waals surface area (Å²) in [4.78, 5) is 11.8. The lowest BCUT2D eigenvalue weighted by molar-refractivity contribution is 0.0596. The van der Waals surface area contributed by atoms with Gasteiger partial charge in [-0.1, -0.05) is 61.8 Å². The molecule has 0 fully saturated rings. The van der Waals surface area contributed by atoms with Crippen molar-refractivity contribution in [2.75, 3.05) is 7.11 Å². The Balaban J connectivity index is 2.16. The molecule has 0 heterocycles. The number of allylic oxidation sites excluding steroid dienone is 5. The molecule has 0 aliphatic rings. The van der Waals surface area contributed by atoms with Gasteiger partial charge >= 0.3 is 5.97 Å². The Morgan fingerprint density at radius 3 is 2.50 bits per heavy atom. The molecule has 0 unspecified atom stereocenters. The minimum atomic E-state index is -0.468. The average Bonchev–Trinajstić information content (AvgIpc) is 2.65. The van der Waals surface area contributed by atoms with Gasteiger partial charge in [-0.2, -0.15) is 0 Å². The van der Waals surface area contributed by atoms with Crippen LogP contribution in [-0.2, 0) is 11.2 Å². The molecule has 3 nitrogen and oxygen atoms in total. The number of methoxy groups -OCH3 is 1. The van der Waals surface area contributed by atoms with E-state index in [0.29, 0.717) is 5.56 Å². The van der Waals surface area contributed by atoms with Crippen LogP contribution in [0.2, 0.25) is 0 Å². The van der Waals surface area contributed by atoms with Crippen LogP contribution >= 0.6 is 0 Å². The van der Waals surface area contributed by atoms with Crippen molar-refractivity contribution in [3.63, 3.8) is 0 Å². The highest BCUT2D eigenvalue weighted by Gasteiger charge is 2.15. The van der Waals surface area contributed by atoms with Gasteiger partial charge in [0.25, 0.3) is 0 Å². The highest BCUT2D eigenvalue weighted by molar-refractivity contribution is 5.94. The zero-order chi connectivity index (χ0) is 19.0. The molecule has 0 aromatic heterocycles. The van der Waals surface area contributed by atoms with Crippen LogP contribution in [0.15, 0.2) is 55.2 Å². The highest BCUT2D eigenvalue weighted by Crippen LogP contribution is 2.23. The van der Waals surface area contributed by atoms with Crippen molar-refractivity contribution in [3.8, 4) is 5.75 Å². The number of phenolic OH excluding ortho intramolecular Hbond substituents is 1. The summed E-state index contributed by atoms with van der Waals surface area (Å²) in [6.45, 7) is 3.69. The fourth-order valence-electron chi connectivity index (χ4n) is 2.82. The molecule has 0 saturated heterocycles. The van der Waals surface area contributed by atoms with Gasteiger partial charge in [0, 0.05) is 0 Å². The topological polar surface area (TPSA) is 46.5 Å². The fourth-order valence-corrected chi connectivity index (χ4v) is 2.82. The van der Waals surface area contributed by atoms with Gasteiger partial charge in [0.1, 0.15) is 11.3 Å². The Hall–Kier alpha value is -2.29. The SMILES string of the molecule is C=CC/C=C\C/C=C\CCCCCCCc1cccc(O)c1C(=O)OC. The van der Waals surface area contributed by atoms with Crippen LogP contribution < -0.4 is 0 Å². The molecule has 0 bridgehead atoms. The van der Waals surface area contributed by atoms with Crippen LogP contribution in [0.1, 0.15) is 67.3 Å². The summed E-state index contributed by atoms with van der Waals surface area (Å²) in [7, 11) is 1.34. The predicted molar refractivity (Wildman–Crippen MR) is 109 cm³/mol. The number of hydrogen-bond donors (Lipinski definition) is 1. The maximum atomic E-state index is 11.8. The molecule has 26 heavy (non-hydrogen) atoms. The van der Waals surface area contributed by atoms with Crippen LogP contribution in [-0.4, -0.2) is 18.2 Å². The van der Waals surface area contributed by atoms with Gasteiger partial charge in [0.2, 0.25) is 0 Å². The van der Waals surface area contributed by atoms with Crippen molar-refractivity contribution in [2.45, 2.75) is 57.8 Å². The molecule has 0 aliphatic heterocycles. The van der Waals surface area contributed by atoms with E-state index in [0.717, 1.165) is 44.1 Å². The lowest BCUT2D eigenvalue weighted by atomic mass is 9.99. The summed E-state index contributed by atoms with van der Waals surface area (Å²) in [6, 6.07) is 5.19. The molecular formula is C23H32O3. The van der Waals surface area contributed by atoms with Crippen LogP contribution in [0.4, 0.5) is 0 Å². The molecule has 1 aromatic carbocycles. The fraction of sp³-hybridized carbons (Fsp3) is 0.435. The van der Waals surface area contributed by atoms with E-state index in [9.17, 15) is 9.90 Å². The first kappa shape index (κ1) is 21.8. The molecule has 0 aliphatic carbocycles. The first-order valence-electron chi connectivity index (χ1n) is 9.50. The number of phenols is 1. The number of rotatable bonds is 13. The van der Waals surface area contributed by atoms with E-state index in [2.05, 4.69) is 30.9 Å². The Labute approximate surface area is 158 Å². The Morgan fingerprint density at radius 1 is 1.04 bits per heavy atom. The molecule has 3 heteroatoms. The Kier molecular flexibility index (Phi) is 11.7. The minimum Gasteiger partial charge on any atom is -0.507 e. The van der Waals surface area contributed by atoms with Gasteiger partial charge in [-0.3, -0.25) is 0 Å². The zero-order valence-corrected chi connectivity index (χ0v) is 16.0. The summed E-state index contributed by atoms with van der Waals surface area (Å²) >= 11 is 0. The van der Waals surface area contributed by atoms with Crippen LogP contribution in [0.5, 0.6) is 5.75 Å². The van der Waals surface area contributed by atoms with Crippen molar-refractivity contribution in [2.24, 2.45) is 0 Å². The number of ether oxygens (including phenoxy) is 1. The lowest BCUT2D eigenvalue weighted by Crippen LogP contribution is -2.06. The average molecular weight is 357 g/mol. The summed E-state index contributed by atoms with van der Waals surface area (Å²) in [5, 5.41) is 9.88.